The first-order valence-corrected chi connectivity index (χ1v) is 24.8. The Morgan fingerprint density at radius 2 is 0.869 bits per heavy atom. The normalized spacial score (nSPS) is 11.3. The smallest absolute Gasteiger partial charge is 0.872 e. The van der Waals surface area contributed by atoms with E-state index in [1.54, 1.807) is 42.5 Å². The van der Waals surface area contributed by atoms with Crippen LogP contribution in [0.25, 0.3) is 0 Å². The van der Waals surface area contributed by atoms with E-state index < -0.39 is 20.2 Å². The number of aromatic hydroxyl groups is 1. The summed E-state index contributed by atoms with van der Waals surface area (Å²) in [6.07, 6.45) is 26.5. The van der Waals surface area contributed by atoms with Crippen molar-refractivity contribution in [3.63, 3.8) is 0 Å². The van der Waals surface area contributed by atoms with Crippen LogP contribution in [0.15, 0.2) is 94.7 Å². The molecular weight excluding hydrogens is 841 g/mol. The van der Waals surface area contributed by atoms with Gasteiger partial charge in [0.15, 0.2) is 0 Å². The standard InChI is InChI=1S/2C24H34O5S.Ca/c2*1-2-3-4-5-6-7-8-9-10-11-13-20-18-22(16-17-24(20)25)29-21-14-12-15-23(19-21)30(26,27)28;/h2*12,14-19,25H,2-11,13H2,1H3,(H,26,27,28);/q;;+2/p-2. The Balaban J connectivity index is 0.000000413. The van der Waals surface area contributed by atoms with E-state index in [4.69, 9.17) is 14.0 Å². The van der Waals surface area contributed by atoms with Crippen LogP contribution in [0.1, 0.15) is 153 Å². The SMILES string of the molecule is CCCCCCCCCCCCc1cc(Oc2cccc(S(=O)(=O)O)c2)ccc1O.CCCCCCCCCCCCc1cc(Oc2cccc(S(=O)(=O)[O-])c2)ccc1[O-].[Ca+2]. The molecule has 0 saturated heterocycles. The number of hydrogen-bond acceptors (Lipinski definition) is 9. The Bertz CT molecular complexity index is 1910. The monoisotopic (exact) mass is 906 g/mol. The van der Waals surface area contributed by atoms with Crippen molar-refractivity contribution in [2.45, 2.75) is 165 Å². The maximum absolute atomic E-state index is 12.1. The molecule has 332 valence electrons. The molecule has 0 bridgehead atoms. The van der Waals surface area contributed by atoms with E-state index in [9.17, 15) is 31.6 Å². The van der Waals surface area contributed by atoms with Gasteiger partial charge in [0, 0.05) is 6.07 Å². The molecule has 0 aliphatic heterocycles. The molecule has 0 heterocycles. The zero-order chi connectivity index (χ0) is 43.6. The minimum Gasteiger partial charge on any atom is -0.872 e. The Kier molecular flexibility index (Phi) is 27.0. The van der Waals surface area contributed by atoms with Crippen molar-refractivity contribution in [3.8, 4) is 34.5 Å². The zero-order valence-electron chi connectivity index (χ0n) is 36.3. The van der Waals surface area contributed by atoms with E-state index in [0.717, 1.165) is 37.7 Å². The first kappa shape index (κ1) is 54.3. The minimum atomic E-state index is -4.54. The number of phenols is 1. The third-order valence-electron chi connectivity index (χ3n) is 10.4. The van der Waals surface area contributed by atoms with Gasteiger partial charge >= 0.3 is 37.7 Å². The van der Waals surface area contributed by atoms with Crippen LogP contribution < -0.4 is 14.6 Å². The Morgan fingerprint density at radius 1 is 0.492 bits per heavy atom. The molecule has 0 aliphatic carbocycles. The quantitative estimate of drug-likeness (QED) is 0.0317. The van der Waals surface area contributed by atoms with Gasteiger partial charge in [-0.05, 0) is 91.9 Å². The number of benzene rings is 4. The van der Waals surface area contributed by atoms with Crippen molar-refractivity contribution >= 4 is 58.0 Å². The summed E-state index contributed by atoms with van der Waals surface area (Å²) in [7, 11) is -8.82. The van der Waals surface area contributed by atoms with E-state index in [-0.39, 0.29) is 64.8 Å². The summed E-state index contributed by atoms with van der Waals surface area (Å²) in [5, 5.41) is 22.3. The molecule has 0 saturated carbocycles. The first-order valence-electron chi connectivity index (χ1n) is 21.9. The fourth-order valence-electron chi connectivity index (χ4n) is 6.91. The molecule has 0 spiro atoms. The third-order valence-corrected chi connectivity index (χ3v) is 12.0. The van der Waals surface area contributed by atoms with E-state index >= 15 is 0 Å². The van der Waals surface area contributed by atoms with Gasteiger partial charge < -0.3 is 24.2 Å². The van der Waals surface area contributed by atoms with Gasteiger partial charge in [0.1, 0.15) is 38.9 Å². The van der Waals surface area contributed by atoms with E-state index in [0.29, 0.717) is 29.2 Å². The van der Waals surface area contributed by atoms with Crippen LogP contribution in [0.2, 0.25) is 0 Å². The second-order valence-corrected chi connectivity index (χ2v) is 18.3. The molecule has 2 N–H and O–H groups in total. The van der Waals surface area contributed by atoms with Crippen molar-refractivity contribution in [1.82, 2.24) is 0 Å². The van der Waals surface area contributed by atoms with Crippen LogP contribution in [0.3, 0.4) is 0 Å². The molecule has 0 atom stereocenters. The predicted molar refractivity (Wildman–Crippen MR) is 242 cm³/mol. The topological polar surface area (TPSA) is 173 Å². The largest absolute Gasteiger partial charge is 2.00 e. The molecule has 13 heteroatoms. The van der Waals surface area contributed by atoms with Gasteiger partial charge in [-0.1, -0.05) is 153 Å². The molecule has 0 amide bonds. The molecule has 10 nitrogen and oxygen atoms in total. The fourth-order valence-corrected chi connectivity index (χ4v) is 7.93. The van der Waals surface area contributed by atoms with Crippen LogP contribution in [-0.4, -0.2) is 68.8 Å². The number of rotatable bonds is 28. The molecule has 0 fully saturated rings. The van der Waals surface area contributed by atoms with Gasteiger partial charge in [-0.25, -0.2) is 8.42 Å². The molecule has 0 aliphatic rings. The van der Waals surface area contributed by atoms with Crippen LogP contribution in [-0.2, 0) is 33.1 Å². The average Bonchev–Trinajstić information content (AvgIpc) is 3.21. The summed E-state index contributed by atoms with van der Waals surface area (Å²) in [6.45, 7) is 4.47. The maximum atomic E-state index is 12.1. The van der Waals surface area contributed by atoms with E-state index in [2.05, 4.69) is 13.8 Å². The summed E-state index contributed by atoms with van der Waals surface area (Å²) >= 11 is 0. The Morgan fingerprint density at radius 3 is 1.33 bits per heavy atom. The van der Waals surface area contributed by atoms with Gasteiger partial charge in [0.2, 0.25) is 0 Å². The zero-order valence-corrected chi connectivity index (χ0v) is 40.2. The van der Waals surface area contributed by atoms with Crippen molar-refractivity contribution in [3.05, 3.63) is 96.1 Å². The van der Waals surface area contributed by atoms with Gasteiger partial charge in [0.05, 0.1) is 9.79 Å². The number of hydrogen-bond donors (Lipinski definition) is 2. The van der Waals surface area contributed by atoms with Gasteiger partial charge in [-0.3, -0.25) is 4.55 Å². The number of phenolic OH excluding ortho intramolecular Hbond substituents is 1. The Hall–Kier alpha value is -2.84. The number of aryl methyl sites for hydroxylation is 2. The second kappa shape index (κ2) is 30.3. The molecule has 4 aromatic carbocycles. The van der Waals surface area contributed by atoms with Crippen LogP contribution in [0.5, 0.6) is 34.5 Å². The summed E-state index contributed by atoms with van der Waals surface area (Å²) in [5.74, 6) is 1.75. The van der Waals surface area contributed by atoms with Crippen LogP contribution in [0, 0.1) is 0 Å². The van der Waals surface area contributed by atoms with Crippen LogP contribution >= 0.6 is 0 Å². The second-order valence-electron chi connectivity index (χ2n) is 15.5. The number of ether oxygens (including phenoxy) is 2. The minimum absolute atomic E-state index is 0. The molecule has 0 unspecified atom stereocenters. The van der Waals surface area contributed by atoms with Crippen molar-refractivity contribution in [2.75, 3.05) is 0 Å². The summed E-state index contributed by atoms with van der Waals surface area (Å²) in [5.41, 5.74) is 1.51. The maximum Gasteiger partial charge on any atom is 2.00 e. The average molecular weight is 907 g/mol. The number of unbranched alkanes of at least 4 members (excludes halogenated alkanes) is 18. The summed E-state index contributed by atoms with van der Waals surface area (Å²) in [6, 6.07) is 20.9. The van der Waals surface area contributed by atoms with Crippen molar-refractivity contribution in [1.29, 1.82) is 0 Å². The van der Waals surface area contributed by atoms with Gasteiger partial charge in [0.25, 0.3) is 10.1 Å². The predicted octanol–water partition coefficient (Wildman–Crippen LogP) is 12.4. The molecule has 0 aromatic heterocycles. The summed E-state index contributed by atoms with van der Waals surface area (Å²) < 4.78 is 76.6. The van der Waals surface area contributed by atoms with E-state index in [1.807, 2.05) is 0 Å². The van der Waals surface area contributed by atoms with Gasteiger partial charge in [-0.15, -0.1) is 5.75 Å². The summed E-state index contributed by atoms with van der Waals surface area (Å²) in [4.78, 5) is -0.560. The molecule has 0 radical (unpaired) electrons. The fraction of sp³-hybridized carbons (Fsp3) is 0.500. The Labute approximate surface area is 396 Å². The molecule has 4 aromatic rings. The van der Waals surface area contributed by atoms with Crippen molar-refractivity contribution < 1.29 is 45.6 Å². The first-order chi connectivity index (χ1) is 28.8. The molecule has 61 heavy (non-hydrogen) atoms. The third kappa shape index (κ3) is 22.9. The molecule has 4 rings (SSSR count). The van der Waals surface area contributed by atoms with Crippen molar-refractivity contribution in [2.24, 2.45) is 0 Å². The van der Waals surface area contributed by atoms with Crippen LogP contribution in [0.4, 0.5) is 0 Å². The molecular formula is C48H66CaO10S2. The van der Waals surface area contributed by atoms with Gasteiger partial charge in [-0.2, -0.15) is 8.42 Å². The van der Waals surface area contributed by atoms with E-state index in [1.165, 1.54) is 145 Å².